The maximum absolute atomic E-state index is 6.26. The van der Waals surface area contributed by atoms with Crippen LogP contribution in [-0.2, 0) is 0 Å². The van der Waals surface area contributed by atoms with E-state index in [1.807, 2.05) is 24.3 Å². The minimum atomic E-state index is 0.112. The number of rotatable bonds is 4. The van der Waals surface area contributed by atoms with Crippen LogP contribution in [0.2, 0.25) is 0 Å². The van der Waals surface area contributed by atoms with Gasteiger partial charge >= 0.3 is 0 Å². The summed E-state index contributed by atoms with van der Waals surface area (Å²) in [7, 11) is 0. The summed E-state index contributed by atoms with van der Waals surface area (Å²) in [5.41, 5.74) is 8.11. The molecule has 0 amide bonds. The molecule has 1 aromatic carbocycles. The van der Waals surface area contributed by atoms with Crippen LogP contribution in [-0.4, -0.2) is 16.3 Å². The van der Waals surface area contributed by atoms with Crippen molar-refractivity contribution in [2.75, 3.05) is 0 Å². The molecule has 0 saturated carbocycles. The van der Waals surface area contributed by atoms with Crippen LogP contribution in [0.25, 0.3) is 11.1 Å². The van der Waals surface area contributed by atoms with Crippen molar-refractivity contribution >= 4 is 22.9 Å². The predicted octanol–water partition coefficient (Wildman–Crippen LogP) is 4.07. The summed E-state index contributed by atoms with van der Waals surface area (Å²) in [5.74, 6) is 0. The van der Waals surface area contributed by atoms with Crippen LogP contribution in [0.3, 0.4) is 0 Å². The molecule has 2 aromatic rings. The third-order valence-electron chi connectivity index (χ3n) is 3.22. The molecule has 4 heteroatoms. The molecule has 2 rings (SSSR count). The van der Waals surface area contributed by atoms with Gasteiger partial charge in [0, 0.05) is 11.3 Å². The number of fused-ring (bicyclic) bond motifs is 1. The van der Waals surface area contributed by atoms with Gasteiger partial charge in [0.15, 0.2) is 5.58 Å². The fourth-order valence-electron chi connectivity index (χ4n) is 2.13. The van der Waals surface area contributed by atoms with Crippen molar-refractivity contribution in [2.24, 2.45) is 11.1 Å². The van der Waals surface area contributed by atoms with E-state index in [0.29, 0.717) is 5.22 Å². The Kier molecular flexibility index (Phi) is 4.21. The highest BCUT2D eigenvalue weighted by atomic mass is 32.2. The molecule has 1 heterocycles. The van der Waals surface area contributed by atoms with E-state index in [4.69, 9.17) is 10.2 Å². The molecule has 0 aliphatic carbocycles. The molecule has 19 heavy (non-hydrogen) atoms. The van der Waals surface area contributed by atoms with E-state index in [1.165, 1.54) is 0 Å². The SMILES string of the molecule is CCC(N)C(Sc1nc2ccccc2o1)C(C)(C)C. The Bertz CT molecular complexity index is 511. The number of para-hydroxylation sites is 2. The Morgan fingerprint density at radius 3 is 2.58 bits per heavy atom. The molecule has 0 aliphatic heterocycles. The van der Waals surface area contributed by atoms with Crippen molar-refractivity contribution in [1.82, 2.24) is 4.98 Å². The van der Waals surface area contributed by atoms with E-state index in [2.05, 4.69) is 32.7 Å². The summed E-state index contributed by atoms with van der Waals surface area (Å²) in [4.78, 5) is 4.52. The number of hydrogen-bond acceptors (Lipinski definition) is 4. The monoisotopic (exact) mass is 278 g/mol. The quantitative estimate of drug-likeness (QED) is 0.856. The van der Waals surface area contributed by atoms with Crippen LogP contribution < -0.4 is 5.73 Å². The molecule has 0 spiro atoms. The van der Waals surface area contributed by atoms with Gasteiger partial charge in [0.1, 0.15) is 5.52 Å². The van der Waals surface area contributed by atoms with E-state index in [0.717, 1.165) is 17.5 Å². The second-order valence-corrected chi connectivity index (χ2v) is 7.02. The fourth-order valence-corrected chi connectivity index (χ4v) is 3.36. The molecule has 0 fully saturated rings. The first-order valence-corrected chi connectivity index (χ1v) is 7.57. The Hall–Kier alpha value is -1.00. The molecule has 0 saturated heterocycles. The lowest BCUT2D eigenvalue weighted by Gasteiger charge is -2.33. The summed E-state index contributed by atoms with van der Waals surface area (Å²) >= 11 is 1.65. The van der Waals surface area contributed by atoms with Crippen LogP contribution in [0.4, 0.5) is 0 Å². The number of aromatic nitrogens is 1. The number of nitrogens with two attached hydrogens (primary N) is 1. The summed E-state index contributed by atoms with van der Waals surface area (Å²) in [6.45, 7) is 8.75. The Morgan fingerprint density at radius 2 is 2.00 bits per heavy atom. The van der Waals surface area contributed by atoms with Crippen LogP contribution in [0.1, 0.15) is 34.1 Å². The number of nitrogens with zero attached hydrogens (tertiary/aromatic N) is 1. The standard InChI is InChI=1S/C15H22N2OS/c1-5-10(16)13(15(2,3)4)19-14-17-11-8-6-7-9-12(11)18-14/h6-10,13H,5,16H2,1-4H3. The van der Waals surface area contributed by atoms with Crippen LogP contribution in [0.5, 0.6) is 0 Å². The molecule has 2 unspecified atom stereocenters. The number of oxazole rings is 1. The van der Waals surface area contributed by atoms with Crippen molar-refractivity contribution in [3.63, 3.8) is 0 Å². The predicted molar refractivity (Wildman–Crippen MR) is 81.4 cm³/mol. The molecule has 0 radical (unpaired) electrons. The number of benzene rings is 1. The second-order valence-electron chi connectivity index (χ2n) is 5.92. The van der Waals surface area contributed by atoms with Gasteiger partial charge in [-0.15, -0.1) is 0 Å². The van der Waals surface area contributed by atoms with Crippen molar-refractivity contribution in [3.05, 3.63) is 24.3 Å². The lowest BCUT2D eigenvalue weighted by Crippen LogP contribution is -2.40. The molecule has 2 N–H and O–H groups in total. The molecule has 0 aliphatic rings. The zero-order chi connectivity index (χ0) is 14.0. The largest absolute Gasteiger partial charge is 0.431 e. The molecular formula is C15H22N2OS. The van der Waals surface area contributed by atoms with Gasteiger partial charge in [0.2, 0.25) is 0 Å². The zero-order valence-electron chi connectivity index (χ0n) is 12.0. The minimum absolute atomic E-state index is 0.112. The summed E-state index contributed by atoms with van der Waals surface area (Å²) in [5, 5.41) is 0.996. The van der Waals surface area contributed by atoms with Crippen LogP contribution in [0.15, 0.2) is 33.9 Å². The Morgan fingerprint density at radius 1 is 1.32 bits per heavy atom. The van der Waals surface area contributed by atoms with Crippen molar-refractivity contribution in [1.29, 1.82) is 0 Å². The molecular weight excluding hydrogens is 256 g/mol. The van der Waals surface area contributed by atoms with E-state index in [1.54, 1.807) is 11.8 Å². The van der Waals surface area contributed by atoms with E-state index >= 15 is 0 Å². The van der Waals surface area contributed by atoms with Gasteiger partial charge < -0.3 is 10.2 Å². The molecule has 1 aromatic heterocycles. The van der Waals surface area contributed by atoms with Crippen molar-refractivity contribution < 1.29 is 4.42 Å². The highest BCUT2D eigenvalue weighted by Gasteiger charge is 2.31. The molecule has 3 nitrogen and oxygen atoms in total. The zero-order valence-corrected chi connectivity index (χ0v) is 12.8. The molecule has 2 atom stereocenters. The molecule has 0 bridgehead atoms. The first-order valence-electron chi connectivity index (χ1n) is 6.69. The Labute approximate surface area is 119 Å². The van der Waals surface area contributed by atoms with Crippen molar-refractivity contribution in [3.8, 4) is 0 Å². The van der Waals surface area contributed by atoms with Gasteiger partial charge in [-0.3, -0.25) is 0 Å². The summed E-state index contributed by atoms with van der Waals surface area (Å²) in [6.07, 6.45) is 0.954. The first-order chi connectivity index (χ1) is 8.91. The highest BCUT2D eigenvalue weighted by Crippen LogP contribution is 2.38. The number of thioether (sulfide) groups is 1. The van der Waals surface area contributed by atoms with Crippen LogP contribution >= 0.6 is 11.8 Å². The van der Waals surface area contributed by atoms with Gasteiger partial charge in [-0.1, -0.05) is 51.6 Å². The average molecular weight is 278 g/mol. The molecule has 104 valence electrons. The first kappa shape index (κ1) is 14.4. The van der Waals surface area contributed by atoms with E-state index in [9.17, 15) is 0 Å². The summed E-state index contributed by atoms with van der Waals surface area (Å²) in [6, 6.07) is 7.98. The van der Waals surface area contributed by atoms with E-state index < -0.39 is 0 Å². The smallest absolute Gasteiger partial charge is 0.257 e. The Balaban J connectivity index is 2.25. The lowest BCUT2D eigenvalue weighted by atomic mass is 9.87. The fraction of sp³-hybridized carbons (Fsp3) is 0.533. The van der Waals surface area contributed by atoms with Gasteiger partial charge in [0.05, 0.1) is 0 Å². The lowest BCUT2D eigenvalue weighted by molar-refractivity contribution is 0.346. The maximum atomic E-state index is 6.26. The highest BCUT2D eigenvalue weighted by molar-refractivity contribution is 7.99. The van der Waals surface area contributed by atoms with Crippen molar-refractivity contribution in [2.45, 2.75) is 50.6 Å². The normalized spacial score (nSPS) is 15.6. The topological polar surface area (TPSA) is 52.0 Å². The minimum Gasteiger partial charge on any atom is -0.431 e. The van der Waals surface area contributed by atoms with E-state index in [-0.39, 0.29) is 16.7 Å². The van der Waals surface area contributed by atoms with Gasteiger partial charge in [-0.05, 0) is 24.0 Å². The third kappa shape index (κ3) is 3.31. The third-order valence-corrected chi connectivity index (χ3v) is 4.90. The van der Waals surface area contributed by atoms with Gasteiger partial charge in [0.25, 0.3) is 5.22 Å². The number of hydrogen-bond donors (Lipinski definition) is 1. The maximum Gasteiger partial charge on any atom is 0.257 e. The second kappa shape index (κ2) is 5.55. The summed E-state index contributed by atoms with van der Waals surface area (Å²) < 4.78 is 5.78. The average Bonchev–Trinajstić information content (AvgIpc) is 2.76. The van der Waals surface area contributed by atoms with Gasteiger partial charge in [-0.2, -0.15) is 0 Å². The van der Waals surface area contributed by atoms with Gasteiger partial charge in [-0.25, -0.2) is 4.98 Å². The van der Waals surface area contributed by atoms with Crippen LogP contribution in [0, 0.1) is 5.41 Å².